The van der Waals surface area contributed by atoms with Gasteiger partial charge in [-0.1, -0.05) is 12.1 Å². The molecule has 0 spiro atoms. The van der Waals surface area contributed by atoms with Gasteiger partial charge in [-0.2, -0.15) is 0 Å². The van der Waals surface area contributed by atoms with Crippen molar-refractivity contribution in [3.05, 3.63) is 70.3 Å². The number of hydrogen-bond acceptors (Lipinski definition) is 6. The molecule has 1 aliphatic heterocycles. The van der Waals surface area contributed by atoms with Gasteiger partial charge >= 0.3 is 0 Å². The average Bonchev–Trinajstić information content (AvgIpc) is 3.30. The lowest BCUT2D eigenvalue weighted by Gasteiger charge is -2.37. The van der Waals surface area contributed by atoms with Crippen molar-refractivity contribution in [3.63, 3.8) is 0 Å². The molecule has 178 valence electrons. The fourth-order valence-electron chi connectivity index (χ4n) is 4.42. The predicted octanol–water partition coefficient (Wildman–Crippen LogP) is 4.41. The van der Waals surface area contributed by atoms with Gasteiger partial charge in [0.2, 0.25) is 5.91 Å². The summed E-state index contributed by atoms with van der Waals surface area (Å²) in [5, 5.41) is 2.06. The van der Waals surface area contributed by atoms with E-state index in [9.17, 15) is 9.59 Å². The van der Waals surface area contributed by atoms with Crippen LogP contribution in [0.2, 0.25) is 0 Å². The molecule has 2 aromatic heterocycles. The minimum absolute atomic E-state index is 0.0284. The van der Waals surface area contributed by atoms with E-state index in [-0.39, 0.29) is 30.2 Å². The van der Waals surface area contributed by atoms with Crippen molar-refractivity contribution in [1.29, 1.82) is 0 Å². The number of fused-ring (bicyclic) bond motifs is 1. The summed E-state index contributed by atoms with van der Waals surface area (Å²) in [6.07, 6.45) is 4.47. The molecule has 3 aromatic rings. The minimum atomic E-state index is -0.236. The van der Waals surface area contributed by atoms with Crippen LogP contribution >= 0.6 is 11.3 Å². The number of furan rings is 1. The second kappa shape index (κ2) is 9.93. The molecule has 34 heavy (non-hydrogen) atoms. The minimum Gasteiger partial charge on any atom is -0.493 e. The Morgan fingerprint density at radius 3 is 2.71 bits per heavy atom. The standard InChI is InChI=1S/C26H28N2O5S/c1-31-21-5-2-3-6-22(21)33-17-20-19-11-14-34-24(19)10-12-28(20)25(29)16-27(15-18-8-9-18)26(30)23-7-4-13-32-23/h2-7,11,13-14,18,20H,8-10,12,15-17H2,1H3/t20-/m0/s1. The van der Waals surface area contributed by atoms with Crippen LogP contribution in [0.4, 0.5) is 0 Å². The third-order valence-corrected chi connectivity index (χ3v) is 7.40. The molecular formula is C26H28N2O5S. The highest BCUT2D eigenvalue weighted by Gasteiger charge is 2.35. The highest BCUT2D eigenvalue weighted by molar-refractivity contribution is 7.10. The zero-order valence-corrected chi connectivity index (χ0v) is 20.0. The molecule has 0 N–H and O–H groups in total. The highest BCUT2D eigenvalue weighted by Crippen LogP contribution is 2.36. The molecule has 0 radical (unpaired) electrons. The Balaban J connectivity index is 1.34. The number of hydrogen-bond donors (Lipinski definition) is 0. The maximum atomic E-state index is 13.6. The first-order valence-corrected chi connectivity index (χ1v) is 12.5. The van der Waals surface area contributed by atoms with E-state index in [0.717, 1.165) is 24.8 Å². The summed E-state index contributed by atoms with van der Waals surface area (Å²) < 4.78 is 16.9. The molecule has 1 fully saturated rings. The second-order valence-corrected chi connectivity index (χ2v) is 9.72. The first kappa shape index (κ1) is 22.5. The molecule has 8 heteroatoms. The highest BCUT2D eigenvalue weighted by atomic mass is 32.1. The molecular weight excluding hydrogens is 452 g/mol. The third-order valence-electron chi connectivity index (χ3n) is 6.40. The monoisotopic (exact) mass is 480 g/mol. The van der Waals surface area contributed by atoms with Crippen LogP contribution in [-0.2, 0) is 11.2 Å². The lowest BCUT2D eigenvalue weighted by Crippen LogP contribution is -2.48. The number of methoxy groups -OCH3 is 1. The molecule has 1 atom stereocenters. The van der Waals surface area contributed by atoms with Crippen molar-refractivity contribution in [2.45, 2.75) is 25.3 Å². The Bertz CT molecular complexity index is 1140. The van der Waals surface area contributed by atoms with Crippen LogP contribution in [0.3, 0.4) is 0 Å². The van der Waals surface area contributed by atoms with Crippen molar-refractivity contribution in [3.8, 4) is 11.5 Å². The van der Waals surface area contributed by atoms with Gasteiger partial charge in [0.25, 0.3) is 5.91 Å². The first-order valence-electron chi connectivity index (χ1n) is 11.6. The number of carbonyl (C=O) groups is 2. The Morgan fingerprint density at radius 2 is 1.97 bits per heavy atom. The fourth-order valence-corrected chi connectivity index (χ4v) is 5.35. The van der Waals surface area contributed by atoms with Crippen molar-refractivity contribution in [2.75, 3.05) is 33.4 Å². The van der Waals surface area contributed by atoms with E-state index >= 15 is 0 Å². The van der Waals surface area contributed by atoms with Gasteiger partial charge in [-0.05, 0) is 66.5 Å². The molecule has 1 aromatic carbocycles. The average molecular weight is 481 g/mol. The lowest BCUT2D eigenvalue weighted by molar-refractivity contribution is -0.135. The molecule has 5 rings (SSSR count). The van der Waals surface area contributed by atoms with E-state index in [2.05, 4.69) is 11.4 Å². The van der Waals surface area contributed by atoms with E-state index < -0.39 is 0 Å². The van der Waals surface area contributed by atoms with Gasteiger partial charge < -0.3 is 23.7 Å². The normalized spacial score (nSPS) is 17.2. The smallest absolute Gasteiger partial charge is 0.290 e. The zero-order valence-electron chi connectivity index (χ0n) is 19.1. The maximum absolute atomic E-state index is 13.6. The number of para-hydroxylation sites is 2. The molecule has 2 aliphatic rings. The molecule has 1 saturated carbocycles. The number of rotatable bonds is 9. The van der Waals surface area contributed by atoms with Crippen LogP contribution in [0.25, 0.3) is 0 Å². The van der Waals surface area contributed by atoms with E-state index in [0.29, 0.717) is 37.1 Å². The summed E-state index contributed by atoms with van der Waals surface area (Å²) in [6, 6.07) is 12.7. The van der Waals surface area contributed by atoms with Gasteiger partial charge in [-0.25, -0.2) is 0 Å². The molecule has 1 aliphatic carbocycles. The molecule has 0 unspecified atom stereocenters. The molecule has 0 bridgehead atoms. The van der Waals surface area contributed by atoms with Crippen LogP contribution in [-0.4, -0.2) is 55.0 Å². The number of thiophene rings is 1. The van der Waals surface area contributed by atoms with E-state index in [1.165, 1.54) is 11.1 Å². The molecule has 0 saturated heterocycles. The van der Waals surface area contributed by atoms with Crippen molar-refractivity contribution in [2.24, 2.45) is 5.92 Å². The van der Waals surface area contributed by atoms with Crippen LogP contribution < -0.4 is 9.47 Å². The number of benzene rings is 1. The second-order valence-electron chi connectivity index (χ2n) is 8.72. The van der Waals surface area contributed by atoms with Crippen LogP contribution in [0.15, 0.2) is 58.5 Å². The largest absolute Gasteiger partial charge is 0.493 e. The molecule has 3 heterocycles. The topological polar surface area (TPSA) is 72.2 Å². The van der Waals surface area contributed by atoms with Crippen LogP contribution in [0, 0.1) is 5.92 Å². The van der Waals surface area contributed by atoms with Gasteiger partial charge in [0.15, 0.2) is 17.3 Å². The SMILES string of the molecule is COc1ccccc1OC[C@H]1c2ccsc2CCN1C(=O)CN(CC1CC1)C(=O)c1ccco1. The van der Waals surface area contributed by atoms with Crippen LogP contribution in [0.1, 0.15) is 39.9 Å². The summed E-state index contributed by atoms with van der Waals surface area (Å²) >= 11 is 1.71. The van der Waals surface area contributed by atoms with Crippen molar-refractivity contribution < 1.29 is 23.5 Å². The Labute approximate surface area is 202 Å². The molecule has 2 amide bonds. The van der Waals surface area contributed by atoms with E-state index in [1.54, 1.807) is 35.5 Å². The van der Waals surface area contributed by atoms with Gasteiger partial charge in [0.1, 0.15) is 13.2 Å². The Morgan fingerprint density at radius 1 is 1.15 bits per heavy atom. The third kappa shape index (κ3) is 4.82. The van der Waals surface area contributed by atoms with Crippen molar-refractivity contribution >= 4 is 23.2 Å². The van der Waals surface area contributed by atoms with Crippen molar-refractivity contribution in [1.82, 2.24) is 9.80 Å². The zero-order chi connectivity index (χ0) is 23.5. The van der Waals surface area contributed by atoms with E-state index in [4.69, 9.17) is 13.9 Å². The number of carbonyl (C=O) groups excluding carboxylic acids is 2. The summed E-state index contributed by atoms with van der Waals surface area (Å²) in [5.74, 6) is 1.71. The Hall–Kier alpha value is -3.26. The lowest BCUT2D eigenvalue weighted by atomic mass is 10.0. The molecule has 7 nitrogen and oxygen atoms in total. The summed E-state index contributed by atoms with van der Waals surface area (Å²) in [7, 11) is 1.61. The summed E-state index contributed by atoms with van der Waals surface area (Å²) in [5.41, 5.74) is 1.12. The van der Waals surface area contributed by atoms with Gasteiger partial charge in [-0.3, -0.25) is 9.59 Å². The fraction of sp³-hybridized carbons (Fsp3) is 0.385. The quantitative estimate of drug-likeness (QED) is 0.454. The van der Waals surface area contributed by atoms with Crippen LogP contribution in [0.5, 0.6) is 11.5 Å². The Kier molecular flexibility index (Phi) is 6.58. The van der Waals surface area contributed by atoms with E-state index in [1.807, 2.05) is 29.2 Å². The van der Waals surface area contributed by atoms with Gasteiger partial charge in [-0.15, -0.1) is 11.3 Å². The van der Waals surface area contributed by atoms with Gasteiger partial charge in [0.05, 0.1) is 19.4 Å². The van der Waals surface area contributed by atoms with Gasteiger partial charge in [0, 0.05) is 18.0 Å². The first-order chi connectivity index (χ1) is 16.6. The maximum Gasteiger partial charge on any atom is 0.290 e. The summed E-state index contributed by atoms with van der Waals surface area (Å²) in [4.78, 5) is 31.4. The predicted molar refractivity (Wildman–Crippen MR) is 128 cm³/mol. The number of amides is 2. The number of ether oxygens (including phenoxy) is 2. The number of nitrogens with zero attached hydrogens (tertiary/aromatic N) is 2. The summed E-state index contributed by atoms with van der Waals surface area (Å²) in [6.45, 7) is 1.51.